The molecule has 0 aliphatic carbocycles. The van der Waals surface area contributed by atoms with Gasteiger partial charge in [0.25, 0.3) is 0 Å². The molecule has 0 N–H and O–H groups in total. The number of benzene rings is 1. The predicted molar refractivity (Wildman–Crippen MR) is 69.4 cm³/mol. The van der Waals surface area contributed by atoms with Gasteiger partial charge >= 0.3 is 6.09 Å². The molecule has 0 unspecified atom stereocenters. The van der Waals surface area contributed by atoms with Crippen LogP contribution < -0.4 is 0 Å². The maximum atomic E-state index is 11.5. The van der Waals surface area contributed by atoms with Gasteiger partial charge in [0.15, 0.2) is 0 Å². The monoisotopic (exact) mass is 233 g/mol. The maximum absolute atomic E-state index is 11.5. The minimum atomic E-state index is -0.521. The van der Waals surface area contributed by atoms with Gasteiger partial charge < -0.3 is 4.74 Å². The number of hydrogen-bond acceptors (Lipinski definition) is 2. The summed E-state index contributed by atoms with van der Waals surface area (Å²) in [6.07, 6.45) is -0.664. The molecule has 0 saturated carbocycles. The van der Waals surface area contributed by atoms with E-state index >= 15 is 0 Å². The van der Waals surface area contributed by atoms with E-state index in [1.165, 1.54) is 0 Å². The molecule has 1 rings (SSSR count). The summed E-state index contributed by atoms with van der Waals surface area (Å²) in [5, 5.41) is 0. The molecule has 3 heteroatoms. The van der Waals surface area contributed by atoms with E-state index in [1.807, 2.05) is 58.0 Å². The van der Waals surface area contributed by atoms with Crippen LogP contribution in [0.2, 0.25) is 0 Å². The number of nitrogens with zero attached hydrogens (tertiary/aromatic N) is 1. The Morgan fingerprint density at radius 3 is 2.18 bits per heavy atom. The molecule has 0 fully saturated rings. The van der Waals surface area contributed by atoms with Gasteiger partial charge in [-0.2, -0.15) is 4.99 Å². The third-order valence-corrected chi connectivity index (χ3v) is 2.16. The van der Waals surface area contributed by atoms with E-state index in [4.69, 9.17) is 4.74 Å². The van der Waals surface area contributed by atoms with Crippen molar-refractivity contribution in [2.24, 2.45) is 10.9 Å². The van der Waals surface area contributed by atoms with Gasteiger partial charge in [0.1, 0.15) is 0 Å². The maximum Gasteiger partial charge on any atom is 0.434 e. The van der Waals surface area contributed by atoms with E-state index in [2.05, 4.69) is 4.99 Å². The lowest BCUT2D eigenvalue weighted by molar-refractivity contribution is 0.126. The minimum Gasteiger partial charge on any atom is -0.445 e. The van der Waals surface area contributed by atoms with Crippen LogP contribution >= 0.6 is 0 Å². The first-order chi connectivity index (χ1) is 8.00. The molecule has 1 amide bonds. The van der Waals surface area contributed by atoms with Crippen LogP contribution in [0.1, 0.15) is 33.3 Å². The van der Waals surface area contributed by atoms with Gasteiger partial charge in [-0.05, 0) is 25.3 Å². The van der Waals surface area contributed by atoms with E-state index in [1.54, 1.807) is 0 Å². The number of rotatable bonds is 3. The molecule has 0 radical (unpaired) electrons. The molecule has 3 nitrogen and oxygen atoms in total. The fourth-order valence-electron chi connectivity index (χ4n) is 1.46. The summed E-state index contributed by atoms with van der Waals surface area (Å²) in [6.45, 7) is 7.64. The van der Waals surface area contributed by atoms with Crippen LogP contribution in [0.25, 0.3) is 0 Å². The third kappa shape index (κ3) is 4.39. The molecule has 0 aliphatic heterocycles. The fourth-order valence-corrected chi connectivity index (χ4v) is 1.46. The summed E-state index contributed by atoms with van der Waals surface area (Å²) in [5.74, 6) is 0.178. The van der Waals surface area contributed by atoms with Crippen molar-refractivity contribution in [3.63, 3.8) is 0 Å². The Balaban J connectivity index is 2.94. The molecule has 0 saturated heterocycles. The molecule has 0 aromatic heterocycles. The Labute approximate surface area is 103 Å². The van der Waals surface area contributed by atoms with Crippen LogP contribution in [0.3, 0.4) is 0 Å². The highest BCUT2D eigenvalue weighted by Crippen LogP contribution is 2.10. The van der Waals surface area contributed by atoms with E-state index in [0.29, 0.717) is 0 Å². The number of hydrogen-bond donors (Lipinski definition) is 0. The average Bonchev–Trinajstić information content (AvgIpc) is 2.25. The van der Waals surface area contributed by atoms with Crippen LogP contribution in [0.5, 0.6) is 0 Å². The lowest BCUT2D eigenvalue weighted by atomic mass is 10.0. The number of amides is 1. The topological polar surface area (TPSA) is 38.7 Å². The van der Waals surface area contributed by atoms with Crippen LogP contribution in [-0.2, 0) is 4.74 Å². The number of aliphatic imine (C=N–C) groups is 1. The highest BCUT2D eigenvalue weighted by molar-refractivity contribution is 6.06. The molecule has 0 atom stereocenters. The largest absolute Gasteiger partial charge is 0.445 e. The van der Waals surface area contributed by atoms with Crippen molar-refractivity contribution in [3.8, 4) is 0 Å². The van der Waals surface area contributed by atoms with E-state index in [0.717, 1.165) is 11.3 Å². The van der Waals surface area contributed by atoms with Gasteiger partial charge in [-0.3, -0.25) is 0 Å². The molecule has 0 heterocycles. The van der Waals surface area contributed by atoms with Gasteiger partial charge in [-0.15, -0.1) is 0 Å². The number of ether oxygens (including phenoxy) is 1. The van der Waals surface area contributed by atoms with Gasteiger partial charge in [-0.1, -0.05) is 44.2 Å². The first kappa shape index (κ1) is 13.4. The average molecular weight is 233 g/mol. The quantitative estimate of drug-likeness (QED) is 0.747. The van der Waals surface area contributed by atoms with Crippen molar-refractivity contribution in [1.82, 2.24) is 0 Å². The zero-order valence-electron chi connectivity index (χ0n) is 10.8. The molecule has 0 bridgehead atoms. The normalized spacial score (nSPS) is 12.0. The number of carbonyl (C=O) groups is 1. The van der Waals surface area contributed by atoms with Crippen molar-refractivity contribution >= 4 is 11.8 Å². The van der Waals surface area contributed by atoms with Crippen LogP contribution in [-0.4, -0.2) is 17.9 Å². The SMILES string of the molecule is CC(C)OC(=O)/N=C(\c1ccccc1)C(C)C. The van der Waals surface area contributed by atoms with Crippen molar-refractivity contribution in [3.05, 3.63) is 35.9 Å². The molecule has 0 spiro atoms. The Hall–Kier alpha value is -1.64. The van der Waals surface area contributed by atoms with Gasteiger partial charge in [0.2, 0.25) is 0 Å². The lowest BCUT2D eigenvalue weighted by Gasteiger charge is -2.11. The van der Waals surface area contributed by atoms with E-state index in [9.17, 15) is 4.79 Å². The Kier molecular flexibility index (Phi) is 4.88. The molecule has 1 aromatic carbocycles. The summed E-state index contributed by atoms with van der Waals surface area (Å²) in [6, 6.07) is 9.69. The highest BCUT2D eigenvalue weighted by atomic mass is 16.6. The molecule has 1 aromatic rings. The Morgan fingerprint density at radius 2 is 1.71 bits per heavy atom. The summed E-state index contributed by atoms with van der Waals surface area (Å²) in [4.78, 5) is 15.6. The van der Waals surface area contributed by atoms with Crippen molar-refractivity contribution < 1.29 is 9.53 Å². The molecular weight excluding hydrogens is 214 g/mol. The van der Waals surface area contributed by atoms with E-state index in [-0.39, 0.29) is 12.0 Å². The molecule has 0 aliphatic rings. The van der Waals surface area contributed by atoms with Crippen LogP contribution in [0, 0.1) is 5.92 Å². The summed E-state index contributed by atoms with van der Waals surface area (Å²) >= 11 is 0. The summed E-state index contributed by atoms with van der Waals surface area (Å²) < 4.78 is 5.03. The molecule has 92 valence electrons. The predicted octanol–water partition coefficient (Wildman–Crippen LogP) is 3.68. The second-order valence-electron chi connectivity index (χ2n) is 4.45. The minimum absolute atomic E-state index is 0.143. The fraction of sp³-hybridized carbons (Fsp3) is 0.429. The lowest BCUT2D eigenvalue weighted by Crippen LogP contribution is -2.15. The second kappa shape index (κ2) is 6.18. The third-order valence-electron chi connectivity index (χ3n) is 2.16. The van der Waals surface area contributed by atoms with Gasteiger partial charge in [0.05, 0.1) is 11.8 Å². The smallest absolute Gasteiger partial charge is 0.434 e. The molecular formula is C14H19NO2. The zero-order chi connectivity index (χ0) is 12.8. The van der Waals surface area contributed by atoms with Crippen LogP contribution in [0.15, 0.2) is 35.3 Å². The standard InChI is InChI=1S/C14H19NO2/c1-10(2)13(12-8-6-5-7-9-12)15-14(16)17-11(3)4/h5-11H,1-4H3/b15-13-. The van der Waals surface area contributed by atoms with E-state index < -0.39 is 6.09 Å². The van der Waals surface area contributed by atoms with Crippen molar-refractivity contribution in [2.75, 3.05) is 0 Å². The van der Waals surface area contributed by atoms with Gasteiger partial charge in [-0.25, -0.2) is 4.79 Å². The van der Waals surface area contributed by atoms with Crippen LogP contribution in [0.4, 0.5) is 4.79 Å². The van der Waals surface area contributed by atoms with Gasteiger partial charge in [0, 0.05) is 0 Å². The first-order valence-electron chi connectivity index (χ1n) is 5.85. The van der Waals surface area contributed by atoms with Crippen molar-refractivity contribution in [1.29, 1.82) is 0 Å². The summed E-state index contributed by atoms with van der Waals surface area (Å²) in [7, 11) is 0. The highest BCUT2D eigenvalue weighted by Gasteiger charge is 2.12. The van der Waals surface area contributed by atoms with Crippen molar-refractivity contribution in [2.45, 2.75) is 33.8 Å². The summed E-state index contributed by atoms with van der Waals surface area (Å²) in [5.41, 5.74) is 1.72. The second-order valence-corrected chi connectivity index (χ2v) is 4.45. The molecule has 17 heavy (non-hydrogen) atoms. The zero-order valence-corrected chi connectivity index (χ0v) is 10.8. The Bertz CT molecular complexity index is 394. The first-order valence-corrected chi connectivity index (χ1v) is 5.85. The number of carbonyl (C=O) groups excluding carboxylic acids is 1. The Morgan fingerprint density at radius 1 is 1.12 bits per heavy atom.